The summed E-state index contributed by atoms with van der Waals surface area (Å²) < 4.78 is 24.6. The minimum Gasteiger partial charge on any atom is -0.395 e. The minimum atomic E-state index is -3.51. The number of rotatable bonds is 10. The summed E-state index contributed by atoms with van der Waals surface area (Å²) in [7, 11) is -3.51. The third kappa shape index (κ3) is 6.19. The number of amides is 2. The van der Waals surface area contributed by atoms with Crippen molar-refractivity contribution in [2.75, 3.05) is 18.1 Å². The van der Waals surface area contributed by atoms with E-state index in [1.165, 1.54) is 4.68 Å². The fourth-order valence-electron chi connectivity index (χ4n) is 8.12. The number of ether oxygens (including phenoxy) is 1. The Labute approximate surface area is 297 Å². The Morgan fingerprint density at radius 1 is 0.961 bits per heavy atom. The van der Waals surface area contributed by atoms with Crippen molar-refractivity contribution in [3.8, 4) is 5.69 Å². The molecule has 0 radical (unpaired) electrons. The van der Waals surface area contributed by atoms with Crippen LogP contribution in [0.5, 0.6) is 0 Å². The van der Waals surface area contributed by atoms with Gasteiger partial charge in [0.05, 0.1) is 48.6 Å². The SMILES string of the molecule is C[C@H]1[C@H]([Si](C)(C)F)[C@@H](CC(=O)N(CCO)Cc2ccccc2)O[C@]12C(=O)N(Cc1cccc(-n3ncc4ccccc4c3=O)c1)c1ccccc12. The number of fused-ring (bicyclic) bond motifs is 3. The molecule has 4 aromatic carbocycles. The number of carbonyl (C=O) groups excluding carboxylic acids is 2. The van der Waals surface area contributed by atoms with E-state index in [0.717, 1.165) is 16.5 Å². The van der Waals surface area contributed by atoms with Gasteiger partial charge in [-0.3, -0.25) is 14.4 Å². The van der Waals surface area contributed by atoms with Crippen LogP contribution < -0.4 is 10.5 Å². The molecule has 4 atom stereocenters. The van der Waals surface area contributed by atoms with Crippen LogP contribution >= 0.6 is 0 Å². The molecular formula is C40H41FN4O5Si. The van der Waals surface area contributed by atoms with E-state index in [0.29, 0.717) is 28.9 Å². The topological polar surface area (TPSA) is 105 Å². The molecule has 0 aliphatic carbocycles. The van der Waals surface area contributed by atoms with Crippen molar-refractivity contribution in [3.05, 3.63) is 136 Å². The van der Waals surface area contributed by atoms with E-state index >= 15 is 4.11 Å². The second kappa shape index (κ2) is 13.6. The number of halogens is 1. The number of anilines is 1. The summed E-state index contributed by atoms with van der Waals surface area (Å²) >= 11 is 0. The lowest BCUT2D eigenvalue weighted by Gasteiger charge is -2.31. The fourth-order valence-corrected chi connectivity index (χ4v) is 10.6. The molecule has 262 valence electrons. The quantitative estimate of drug-likeness (QED) is 0.139. The van der Waals surface area contributed by atoms with Crippen molar-refractivity contribution in [2.45, 2.75) is 56.8 Å². The number of aromatic nitrogens is 2. The summed E-state index contributed by atoms with van der Waals surface area (Å²) in [5, 5.41) is 15.5. The predicted octanol–water partition coefficient (Wildman–Crippen LogP) is 6.12. The van der Waals surface area contributed by atoms with Gasteiger partial charge in [-0.05, 0) is 48.5 Å². The van der Waals surface area contributed by atoms with Gasteiger partial charge in [0.2, 0.25) is 14.3 Å². The number of carbonyl (C=O) groups is 2. The van der Waals surface area contributed by atoms with Gasteiger partial charge in [-0.1, -0.05) is 85.8 Å². The highest BCUT2D eigenvalue weighted by Crippen LogP contribution is 2.60. The lowest BCUT2D eigenvalue weighted by Crippen LogP contribution is -2.45. The molecule has 2 aliphatic heterocycles. The monoisotopic (exact) mass is 704 g/mol. The number of benzene rings is 4. The van der Waals surface area contributed by atoms with Gasteiger partial charge >= 0.3 is 0 Å². The summed E-state index contributed by atoms with van der Waals surface area (Å²) in [6.07, 6.45) is 0.696. The van der Waals surface area contributed by atoms with E-state index in [4.69, 9.17) is 4.74 Å². The second-order valence-electron chi connectivity index (χ2n) is 14.0. The smallest absolute Gasteiger partial charge is 0.279 e. The van der Waals surface area contributed by atoms with Gasteiger partial charge < -0.3 is 23.8 Å². The first-order chi connectivity index (χ1) is 24.5. The average Bonchev–Trinajstić information content (AvgIpc) is 3.55. The molecule has 2 amide bonds. The van der Waals surface area contributed by atoms with E-state index in [1.807, 2.05) is 97.9 Å². The summed E-state index contributed by atoms with van der Waals surface area (Å²) in [5.41, 5.74) is 1.18. The molecule has 5 aromatic rings. The Morgan fingerprint density at radius 3 is 2.43 bits per heavy atom. The largest absolute Gasteiger partial charge is 0.395 e. The standard InChI is InChI=1S/C40H41FN4O5Si/c1-27-37(51(2,3)41)35(23-36(47)43(20-21-46)25-28-12-5-4-6-13-28)50-40(27)33-18-9-10-19-34(33)44(39(40)49)26-29-14-11-16-31(22-29)45-38(48)32-17-8-7-15-30(32)24-42-45/h4-19,22,24,27,35,37,46H,20-21,23,25-26H2,1-3H3/t27-,35+,37-,40+/m0/s1. The zero-order chi connectivity index (χ0) is 35.9. The third-order valence-corrected chi connectivity index (χ3v) is 12.8. The molecule has 1 N–H and O–H groups in total. The van der Waals surface area contributed by atoms with Crippen LogP contribution in [-0.4, -0.2) is 59.3 Å². The lowest BCUT2D eigenvalue weighted by molar-refractivity contribution is -0.150. The first kappa shape index (κ1) is 34.5. The molecule has 11 heteroatoms. The zero-order valence-corrected chi connectivity index (χ0v) is 29.9. The zero-order valence-electron chi connectivity index (χ0n) is 28.9. The van der Waals surface area contributed by atoms with Crippen molar-refractivity contribution >= 4 is 36.7 Å². The molecule has 51 heavy (non-hydrogen) atoms. The molecule has 1 fully saturated rings. The first-order valence-corrected chi connectivity index (χ1v) is 20.3. The fraction of sp³-hybridized carbons (Fsp3) is 0.300. The molecule has 1 spiro atoms. The van der Waals surface area contributed by atoms with Crippen LogP contribution in [0, 0.1) is 5.92 Å². The Hall–Kier alpha value is -4.97. The number of hydrogen-bond donors (Lipinski definition) is 1. The Balaban J connectivity index is 1.20. The van der Waals surface area contributed by atoms with E-state index < -0.39 is 31.6 Å². The Morgan fingerprint density at radius 2 is 1.67 bits per heavy atom. The summed E-state index contributed by atoms with van der Waals surface area (Å²) in [6.45, 7) is 5.47. The van der Waals surface area contributed by atoms with Gasteiger partial charge in [-0.2, -0.15) is 9.78 Å². The lowest BCUT2D eigenvalue weighted by atomic mass is 9.82. The number of para-hydroxylation sites is 1. The maximum atomic E-state index is 16.4. The van der Waals surface area contributed by atoms with Crippen molar-refractivity contribution in [1.29, 1.82) is 0 Å². The molecular weight excluding hydrogens is 664 g/mol. The van der Waals surface area contributed by atoms with Crippen LogP contribution in [0.1, 0.15) is 30.0 Å². The predicted molar refractivity (Wildman–Crippen MR) is 197 cm³/mol. The highest BCUT2D eigenvalue weighted by molar-refractivity contribution is 6.72. The van der Waals surface area contributed by atoms with E-state index in [-0.39, 0.29) is 43.5 Å². The molecule has 9 nitrogen and oxygen atoms in total. The van der Waals surface area contributed by atoms with Crippen LogP contribution in [0.2, 0.25) is 18.6 Å². The molecule has 7 rings (SSSR count). The van der Waals surface area contributed by atoms with Gasteiger partial charge in [0, 0.05) is 35.5 Å². The molecule has 1 saturated heterocycles. The normalized spacial score (nSPS) is 21.4. The van der Waals surface area contributed by atoms with E-state index in [2.05, 4.69) is 5.10 Å². The van der Waals surface area contributed by atoms with Gasteiger partial charge in [0.1, 0.15) is 0 Å². The average molecular weight is 705 g/mol. The summed E-state index contributed by atoms with van der Waals surface area (Å²) in [6, 6.07) is 31.6. The van der Waals surface area contributed by atoms with Crippen molar-refractivity contribution < 1.29 is 23.5 Å². The maximum absolute atomic E-state index is 16.4. The molecule has 3 heterocycles. The number of hydrogen-bond acceptors (Lipinski definition) is 6. The Bertz CT molecular complexity index is 2150. The van der Waals surface area contributed by atoms with Crippen LogP contribution in [-0.2, 0) is 33.0 Å². The van der Waals surface area contributed by atoms with Gasteiger partial charge in [-0.15, -0.1) is 0 Å². The van der Waals surface area contributed by atoms with Crippen LogP contribution in [0.25, 0.3) is 16.5 Å². The third-order valence-electron chi connectivity index (χ3n) is 10.4. The van der Waals surface area contributed by atoms with Crippen LogP contribution in [0.4, 0.5) is 9.80 Å². The van der Waals surface area contributed by atoms with E-state index in [1.54, 1.807) is 41.2 Å². The van der Waals surface area contributed by atoms with Crippen LogP contribution in [0.15, 0.2) is 114 Å². The Kier molecular flexibility index (Phi) is 9.21. The molecule has 2 aliphatic rings. The van der Waals surface area contributed by atoms with Crippen LogP contribution in [0.3, 0.4) is 0 Å². The molecule has 0 unspecified atom stereocenters. The minimum absolute atomic E-state index is 0.116. The second-order valence-corrected chi connectivity index (χ2v) is 17.8. The number of aliphatic hydroxyl groups excluding tert-OH is 1. The molecule has 0 bridgehead atoms. The highest BCUT2D eigenvalue weighted by atomic mass is 28.4. The number of nitrogens with zero attached hydrogens (tertiary/aromatic N) is 4. The van der Waals surface area contributed by atoms with Gasteiger partial charge in [0.25, 0.3) is 11.5 Å². The van der Waals surface area contributed by atoms with E-state index in [9.17, 15) is 19.5 Å². The summed E-state index contributed by atoms with van der Waals surface area (Å²) in [5.74, 6) is -1.14. The van der Waals surface area contributed by atoms with Gasteiger partial charge in [-0.25, -0.2) is 0 Å². The number of aliphatic hydroxyl groups is 1. The van der Waals surface area contributed by atoms with Crippen molar-refractivity contribution in [1.82, 2.24) is 14.7 Å². The van der Waals surface area contributed by atoms with Crippen molar-refractivity contribution in [2.24, 2.45) is 5.92 Å². The van der Waals surface area contributed by atoms with Gasteiger partial charge in [0.15, 0.2) is 5.60 Å². The molecule has 0 saturated carbocycles. The maximum Gasteiger partial charge on any atom is 0.279 e. The summed E-state index contributed by atoms with van der Waals surface area (Å²) in [4.78, 5) is 45.3. The first-order valence-electron chi connectivity index (χ1n) is 17.3. The van der Waals surface area contributed by atoms with Crippen molar-refractivity contribution in [3.63, 3.8) is 0 Å². The highest BCUT2D eigenvalue weighted by Gasteiger charge is 2.67. The molecule has 1 aromatic heterocycles.